The molecule has 0 spiro atoms. The van der Waals surface area contributed by atoms with Crippen LogP contribution in [0, 0.1) is 12.7 Å². The maximum atomic E-state index is 15.3. The minimum Gasteiger partial charge on any atom is -0.437 e. The molecular weight excluding hydrogens is 645 g/mol. The zero-order valence-electron chi connectivity index (χ0n) is 25.2. The monoisotopic (exact) mass is 675 g/mol. The summed E-state index contributed by atoms with van der Waals surface area (Å²) in [6, 6.07) is 18.8. The van der Waals surface area contributed by atoms with Gasteiger partial charge in [-0.2, -0.15) is 0 Å². The van der Waals surface area contributed by atoms with Crippen molar-refractivity contribution in [2.75, 3.05) is 23.1 Å². The first-order valence-corrected chi connectivity index (χ1v) is 16.5. The molecular formula is C33H31ClFN7O4S. The summed E-state index contributed by atoms with van der Waals surface area (Å²) in [6.07, 6.45) is 5.40. The quantitative estimate of drug-likeness (QED) is 0.153. The van der Waals surface area contributed by atoms with Crippen molar-refractivity contribution in [2.24, 2.45) is 0 Å². The number of pyridine rings is 1. The van der Waals surface area contributed by atoms with E-state index < -0.39 is 21.6 Å². The van der Waals surface area contributed by atoms with Gasteiger partial charge in [-0.05, 0) is 74.3 Å². The Hall–Kier alpha value is -4.85. The molecule has 0 amide bonds. The zero-order valence-corrected chi connectivity index (χ0v) is 26.9. The molecule has 1 atom stereocenters. The maximum absolute atomic E-state index is 15.3. The molecule has 242 valence electrons. The van der Waals surface area contributed by atoms with Gasteiger partial charge in [0.15, 0.2) is 5.58 Å². The second kappa shape index (κ2) is 13.5. The number of hydrogen-bond acceptors (Lipinski definition) is 10. The van der Waals surface area contributed by atoms with E-state index in [0.29, 0.717) is 44.7 Å². The molecule has 3 aromatic carbocycles. The predicted molar refractivity (Wildman–Crippen MR) is 181 cm³/mol. The third kappa shape index (κ3) is 6.82. The maximum Gasteiger partial charge on any atom is 0.238 e. The van der Waals surface area contributed by atoms with E-state index in [4.69, 9.17) is 14.2 Å². The van der Waals surface area contributed by atoms with Gasteiger partial charge >= 0.3 is 0 Å². The highest BCUT2D eigenvalue weighted by Crippen LogP contribution is 2.40. The first kappa shape index (κ1) is 32.1. The van der Waals surface area contributed by atoms with E-state index in [0.717, 1.165) is 31.5 Å². The van der Waals surface area contributed by atoms with Crippen LogP contribution in [0.5, 0.6) is 11.6 Å². The van der Waals surface area contributed by atoms with E-state index in [1.807, 2.05) is 13.0 Å². The fourth-order valence-corrected chi connectivity index (χ4v) is 6.77. The van der Waals surface area contributed by atoms with Crippen molar-refractivity contribution in [1.29, 1.82) is 0 Å². The lowest BCUT2D eigenvalue weighted by atomic mass is 10.0. The molecule has 1 saturated heterocycles. The number of anilines is 2. The topological polar surface area (TPSA) is 144 Å². The summed E-state index contributed by atoms with van der Waals surface area (Å²) in [6.45, 7) is 3.69. The number of rotatable bonds is 9. The van der Waals surface area contributed by atoms with Crippen molar-refractivity contribution in [1.82, 2.24) is 25.4 Å². The van der Waals surface area contributed by atoms with E-state index >= 15 is 4.39 Å². The number of hydrogen-bond donors (Lipinski definition) is 3. The van der Waals surface area contributed by atoms with Crippen LogP contribution in [0.3, 0.4) is 0 Å². The van der Waals surface area contributed by atoms with Gasteiger partial charge in [0.2, 0.25) is 21.9 Å². The van der Waals surface area contributed by atoms with Crippen molar-refractivity contribution < 1.29 is 22.1 Å². The molecule has 1 aliphatic heterocycles. The van der Waals surface area contributed by atoms with E-state index in [1.54, 1.807) is 67.0 Å². The molecule has 0 bridgehead atoms. The van der Waals surface area contributed by atoms with E-state index in [-0.39, 0.29) is 35.7 Å². The normalized spacial score (nSPS) is 14.9. The number of aryl methyl sites for hydroxylation is 1. The molecule has 47 heavy (non-hydrogen) atoms. The van der Waals surface area contributed by atoms with Gasteiger partial charge in [0.1, 0.15) is 23.0 Å². The van der Waals surface area contributed by atoms with Crippen LogP contribution >= 0.6 is 12.4 Å². The summed E-state index contributed by atoms with van der Waals surface area (Å²) in [4.78, 5) is 13.6. The average Bonchev–Trinajstić information content (AvgIpc) is 3.46. The third-order valence-electron chi connectivity index (χ3n) is 7.87. The van der Waals surface area contributed by atoms with Crippen molar-refractivity contribution in [2.45, 2.75) is 31.6 Å². The van der Waals surface area contributed by atoms with Crippen molar-refractivity contribution in [3.63, 3.8) is 0 Å². The minimum atomic E-state index is -4.09. The fourth-order valence-electron chi connectivity index (χ4n) is 5.61. The van der Waals surface area contributed by atoms with Gasteiger partial charge in [-0.15, -0.1) is 12.4 Å². The van der Waals surface area contributed by atoms with Crippen molar-refractivity contribution in [3.8, 4) is 22.9 Å². The molecule has 6 aromatic rings. The molecule has 4 heterocycles. The Morgan fingerprint density at radius 3 is 2.70 bits per heavy atom. The van der Waals surface area contributed by atoms with Crippen LogP contribution in [-0.4, -0.2) is 47.7 Å². The number of piperidine rings is 1. The van der Waals surface area contributed by atoms with Gasteiger partial charge in [-0.1, -0.05) is 29.4 Å². The summed E-state index contributed by atoms with van der Waals surface area (Å²) in [5, 5.41) is 12.1. The summed E-state index contributed by atoms with van der Waals surface area (Å²) in [7, 11) is -4.09. The summed E-state index contributed by atoms with van der Waals surface area (Å²) in [5.74, 6) is -0.0381. The fraction of sp³-hybridized carbons (Fsp3) is 0.212. The van der Waals surface area contributed by atoms with Crippen LogP contribution < -0.4 is 20.1 Å². The Morgan fingerprint density at radius 2 is 1.85 bits per heavy atom. The van der Waals surface area contributed by atoms with Gasteiger partial charge in [-0.3, -0.25) is 4.72 Å². The second-order valence-electron chi connectivity index (χ2n) is 11.1. The number of sulfonamides is 1. The van der Waals surface area contributed by atoms with E-state index in [2.05, 4.69) is 30.5 Å². The molecule has 0 saturated carbocycles. The highest BCUT2D eigenvalue weighted by Gasteiger charge is 2.23. The lowest BCUT2D eigenvalue weighted by molar-refractivity contribution is 0.448. The van der Waals surface area contributed by atoms with Crippen LogP contribution in [0.15, 0.2) is 83.6 Å². The van der Waals surface area contributed by atoms with Gasteiger partial charge < -0.3 is 19.9 Å². The Bertz CT molecular complexity index is 2170. The summed E-state index contributed by atoms with van der Waals surface area (Å²) in [5.41, 5.74) is 2.49. The number of fused-ring (bicyclic) bond motifs is 2. The lowest BCUT2D eigenvalue weighted by Crippen LogP contribution is -2.38. The molecule has 1 aliphatic rings. The molecule has 0 unspecified atom stereocenters. The zero-order chi connectivity index (χ0) is 31.7. The van der Waals surface area contributed by atoms with Crippen molar-refractivity contribution in [3.05, 3.63) is 96.2 Å². The average molecular weight is 676 g/mol. The largest absolute Gasteiger partial charge is 0.437 e. The van der Waals surface area contributed by atoms with E-state index in [1.165, 1.54) is 6.07 Å². The molecule has 0 aliphatic carbocycles. The SMILES string of the molecule is Cc1ccc2c(NS(=O)(=O)Cc3noc4ccccc34)c(F)ccc2c1Oc1ncccc1-c1ccnc(N[C@H]2CCCNC2)n1.Cl. The molecule has 7 rings (SSSR count). The number of halogens is 2. The molecule has 3 N–H and O–H groups in total. The minimum absolute atomic E-state index is 0. The van der Waals surface area contributed by atoms with Gasteiger partial charge in [0, 0.05) is 41.1 Å². The number of aromatic nitrogens is 4. The number of nitrogens with zero attached hydrogens (tertiary/aromatic N) is 4. The molecule has 14 heteroatoms. The van der Waals surface area contributed by atoms with Crippen LogP contribution in [0.25, 0.3) is 33.0 Å². The second-order valence-corrected chi connectivity index (χ2v) is 12.8. The van der Waals surface area contributed by atoms with Crippen LogP contribution in [-0.2, 0) is 15.8 Å². The Balaban J connectivity index is 0.00000386. The summed E-state index contributed by atoms with van der Waals surface area (Å²) >= 11 is 0. The van der Waals surface area contributed by atoms with E-state index in [9.17, 15) is 8.42 Å². The summed E-state index contributed by atoms with van der Waals surface area (Å²) < 4.78 is 56.0. The Morgan fingerprint density at radius 1 is 1.00 bits per heavy atom. The van der Waals surface area contributed by atoms with Crippen LogP contribution in [0.1, 0.15) is 24.1 Å². The van der Waals surface area contributed by atoms with Gasteiger partial charge in [0.05, 0.1) is 16.9 Å². The number of para-hydroxylation sites is 1. The number of ether oxygens (including phenoxy) is 1. The highest BCUT2D eigenvalue weighted by atomic mass is 35.5. The number of nitrogens with one attached hydrogen (secondary N) is 3. The lowest BCUT2D eigenvalue weighted by Gasteiger charge is -2.23. The third-order valence-corrected chi connectivity index (χ3v) is 9.03. The first-order valence-electron chi connectivity index (χ1n) is 14.8. The molecule has 11 nitrogen and oxygen atoms in total. The van der Waals surface area contributed by atoms with Crippen LogP contribution in [0.4, 0.5) is 16.0 Å². The van der Waals surface area contributed by atoms with Crippen LogP contribution in [0.2, 0.25) is 0 Å². The van der Waals surface area contributed by atoms with Gasteiger partial charge in [0.25, 0.3) is 0 Å². The molecule has 3 aromatic heterocycles. The molecule has 1 fully saturated rings. The first-order chi connectivity index (χ1) is 22.3. The Kier molecular flexibility index (Phi) is 9.21. The smallest absolute Gasteiger partial charge is 0.238 e. The highest BCUT2D eigenvalue weighted by molar-refractivity contribution is 7.92. The standard InChI is InChI=1S/C33H30FN7O4S.ClH/c1-20-10-11-22-23(12-13-26(34)30(22)41-46(42,43)19-28-24-7-2-3-9-29(24)45-40-28)31(20)44-32-25(8-5-16-36-32)27-14-17-37-33(39-27)38-21-6-4-15-35-18-21;/h2-3,5,7-14,16-17,21,35,41H,4,6,15,18-19H2,1H3,(H,37,38,39);1H/t21-;/m0./s1. The van der Waals surface area contributed by atoms with Crippen molar-refractivity contribution >= 4 is 55.8 Å². The van der Waals surface area contributed by atoms with Gasteiger partial charge in [-0.25, -0.2) is 27.8 Å². The predicted octanol–water partition coefficient (Wildman–Crippen LogP) is 6.60. The molecule has 0 radical (unpaired) electrons. The Labute approximate surface area is 276 Å². The number of benzene rings is 3.